The monoisotopic (exact) mass is 248 g/mol. The van der Waals surface area contributed by atoms with Gasteiger partial charge in [-0.2, -0.15) is 5.26 Å². The SMILES string of the molecule is N#Cc1c(N)ccc2c1C(=O)c1ccccc1C2=O. The summed E-state index contributed by atoms with van der Waals surface area (Å²) in [5.41, 5.74) is 7.03. The Morgan fingerprint density at radius 2 is 1.53 bits per heavy atom. The third-order valence-electron chi connectivity index (χ3n) is 3.24. The Labute approximate surface area is 109 Å². The summed E-state index contributed by atoms with van der Waals surface area (Å²) in [4.78, 5) is 24.8. The molecule has 0 saturated carbocycles. The highest BCUT2D eigenvalue weighted by Crippen LogP contribution is 2.31. The molecule has 2 aromatic carbocycles. The minimum atomic E-state index is -0.325. The first-order valence-electron chi connectivity index (χ1n) is 5.66. The van der Waals surface area contributed by atoms with E-state index in [4.69, 9.17) is 11.0 Å². The third-order valence-corrected chi connectivity index (χ3v) is 3.24. The second-order valence-corrected chi connectivity index (χ2v) is 4.27. The molecule has 0 unspecified atom stereocenters. The lowest BCUT2D eigenvalue weighted by Gasteiger charge is -2.18. The molecule has 0 heterocycles. The highest BCUT2D eigenvalue weighted by atomic mass is 16.1. The lowest BCUT2D eigenvalue weighted by Crippen LogP contribution is -2.22. The zero-order valence-electron chi connectivity index (χ0n) is 9.81. The smallest absolute Gasteiger partial charge is 0.195 e. The number of rotatable bonds is 0. The molecule has 1 aliphatic rings. The number of fused-ring (bicyclic) bond motifs is 2. The topological polar surface area (TPSA) is 83.9 Å². The summed E-state index contributed by atoms with van der Waals surface area (Å²) in [5, 5.41) is 9.13. The molecule has 4 heteroatoms. The van der Waals surface area contributed by atoms with Crippen molar-refractivity contribution in [1.82, 2.24) is 0 Å². The van der Waals surface area contributed by atoms with E-state index >= 15 is 0 Å². The van der Waals surface area contributed by atoms with E-state index in [1.807, 2.05) is 6.07 Å². The molecule has 0 atom stereocenters. The van der Waals surface area contributed by atoms with Crippen LogP contribution in [0.5, 0.6) is 0 Å². The quantitative estimate of drug-likeness (QED) is 0.616. The summed E-state index contributed by atoms with van der Waals surface area (Å²) < 4.78 is 0. The van der Waals surface area contributed by atoms with Gasteiger partial charge in [-0.15, -0.1) is 0 Å². The second kappa shape index (κ2) is 3.79. The first-order chi connectivity index (χ1) is 9.15. The Balaban J connectivity index is 2.40. The van der Waals surface area contributed by atoms with Crippen LogP contribution in [0.3, 0.4) is 0 Å². The molecule has 4 nitrogen and oxygen atoms in total. The van der Waals surface area contributed by atoms with Gasteiger partial charge in [-0.25, -0.2) is 0 Å². The van der Waals surface area contributed by atoms with Gasteiger partial charge in [-0.3, -0.25) is 9.59 Å². The van der Waals surface area contributed by atoms with Crippen molar-refractivity contribution in [2.24, 2.45) is 0 Å². The van der Waals surface area contributed by atoms with E-state index in [1.165, 1.54) is 12.1 Å². The molecule has 19 heavy (non-hydrogen) atoms. The highest BCUT2D eigenvalue weighted by molar-refractivity contribution is 6.29. The van der Waals surface area contributed by atoms with Crippen LogP contribution < -0.4 is 5.73 Å². The zero-order valence-corrected chi connectivity index (χ0v) is 9.81. The summed E-state index contributed by atoms with van der Waals surface area (Å²) in [6.45, 7) is 0. The fourth-order valence-electron chi connectivity index (χ4n) is 2.32. The number of anilines is 1. The Kier molecular flexibility index (Phi) is 2.23. The maximum Gasteiger partial charge on any atom is 0.195 e. The summed E-state index contributed by atoms with van der Waals surface area (Å²) in [6, 6.07) is 11.5. The fourth-order valence-corrected chi connectivity index (χ4v) is 2.32. The molecule has 0 aliphatic heterocycles. The molecule has 0 fully saturated rings. The van der Waals surface area contributed by atoms with Crippen molar-refractivity contribution in [2.75, 3.05) is 5.73 Å². The van der Waals surface area contributed by atoms with Crippen molar-refractivity contribution in [3.8, 4) is 6.07 Å². The largest absolute Gasteiger partial charge is 0.398 e. The van der Waals surface area contributed by atoms with Gasteiger partial charge in [0.15, 0.2) is 11.6 Å². The minimum absolute atomic E-state index is 0.0744. The van der Waals surface area contributed by atoms with Gasteiger partial charge in [0.1, 0.15) is 6.07 Å². The van der Waals surface area contributed by atoms with E-state index in [1.54, 1.807) is 24.3 Å². The van der Waals surface area contributed by atoms with Crippen LogP contribution in [0.2, 0.25) is 0 Å². The third kappa shape index (κ3) is 1.39. The van der Waals surface area contributed by atoms with Crippen molar-refractivity contribution >= 4 is 17.3 Å². The van der Waals surface area contributed by atoms with Gasteiger partial charge in [0.05, 0.1) is 16.8 Å². The summed E-state index contributed by atoms with van der Waals surface area (Å²) in [5.74, 6) is -0.573. The summed E-state index contributed by atoms with van der Waals surface area (Å²) in [6.07, 6.45) is 0. The predicted molar refractivity (Wildman–Crippen MR) is 68.9 cm³/mol. The standard InChI is InChI=1S/C15H8N2O2/c16-7-11-12(17)6-5-10-13(11)15(19)9-4-2-1-3-8(9)14(10)18/h1-6H,17H2. The molecular weight excluding hydrogens is 240 g/mol. The van der Waals surface area contributed by atoms with Crippen LogP contribution in [0.1, 0.15) is 37.4 Å². The first kappa shape index (κ1) is 11.2. The van der Waals surface area contributed by atoms with Gasteiger partial charge in [0.2, 0.25) is 0 Å². The molecule has 0 bridgehead atoms. The number of nitrogen functional groups attached to an aromatic ring is 1. The highest BCUT2D eigenvalue weighted by Gasteiger charge is 2.32. The van der Waals surface area contributed by atoms with Gasteiger partial charge in [0.25, 0.3) is 0 Å². The normalized spacial score (nSPS) is 12.6. The van der Waals surface area contributed by atoms with E-state index in [2.05, 4.69) is 0 Å². The van der Waals surface area contributed by atoms with Crippen LogP contribution in [0.25, 0.3) is 0 Å². The van der Waals surface area contributed by atoms with Crippen LogP contribution >= 0.6 is 0 Å². The van der Waals surface area contributed by atoms with Crippen molar-refractivity contribution in [3.05, 3.63) is 64.2 Å². The molecule has 2 N–H and O–H groups in total. The van der Waals surface area contributed by atoms with Gasteiger partial charge in [0, 0.05) is 16.7 Å². The predicted octanol–water partition coefficient (Wildman–Crippen LogP) is 1.92. The van der Waals surface area contributed by atoms with E-state index in [0.29, 0.717) is 11.1 Å². The van der Waals surface area contributed by atoms with E-state index < -0.39 is 0 Å². The lowest BCUT2D eigenvalue weighted by molar-refractivity contribution is 0.0979. The maximum absolute atomic E-state index is 12.4. The molecule has 0 amide bonds. The number of carbonyl (C=O) groups excluding carboxylic acids is 2. The number of benzene rings is 2. The molecule has 90 valence electrons. The van der Waals surface area contributed by atoms with Gasteiger partial charge < -0.3 is 5.73 Å². The number of carbonyl (C=O) groups is 2. The average molecular weight is 248 g/mol. The van der Waals surface area contributed by atoms with E-state index in [0.717, 1.165) is 0 Å². The zero-order chi connectivity index (χ0) is 13.6. The first-order valence-corrected chi connectivity index (χ1v) is 5.66. The maximum atomic E-state index is 12.4. The summed E-state index contributed by atoms with van der Waals surface area (Å²) >= 11 is 0. The molecule has 0 radical (unpaired) electrons. The number of nitriles is 1. The van der Waals surface area contributed by atoms with Gasteiger partial charge in [-0.05, 0) is 12.1 Å². The van der Waals surface area contributed by atoms with Crippen molar-refractivity contribution in [3.63, 3.8) is 0 Å². The minimum Gasteiger partial charge on any atom is -0.398 e. The Hall–Kier alpha value is -2.93. The molecule has 0 saturated heterocycles. The van der Waals surface area contributed by atoms with Crippen LogP contribution in [-0.4, -0.2) is 11.6 Å². The Morgan fingerprint density at radius 3 is 2.16 bits per heavy atom. The average Bonchev–Trinajstić information content (AvgIpc) is 2.44. The Morgan fingerprint density at radius 1 is 0.895 bits per heavy atom. The molecule has 3 rings (SSSR count). The van der Waals surface area contributed by atoms with E-state index in [9.17, 15) is 9.59 Å². The molecule has 2 aromatic rings. The number of hydrogen-bond donors (Lipinski definition) is 1. The molecule has 0 spiro atoms. The van der Waals surface area contributed by atoms with Crippen molar-refractivity contribution in [1.29, 1.82) is 5.26 Å². The molecular formula is C15H8N2O2. The van der Waals surface area contributed by atoms with Crippen LogP contribution in [0.4, 0.5) is 5.69 Å². The second-order valence-electron chi connectivity index (χ2n) is 4.27. The number of nitrogens with zero attached hydrogens (tertiary/aromatic N) is 1. The van der Waals surface area contributed by atoms with Crippen LogP contribution in [0.15, 0.2) is 36.4 Å². The van der Waals surface area contributed by atoms with Gasteiger partial charge in [-0.1, -0.05) is 24.3 Å². The number of nitrogens with two attached hydrogens (primary N) is 1. The number of hydrogen-bond acceptors (Lipinski definition) is 4. The molecule has 1 aliphatic carbocycles. The van der Waals surface area contributed by atoms with Crippen molar-refractivity contribution < 1.29 is 9.59 Å². The van der Waals surface area contributed by atoms with E-state index in [-0.39, 0.29) is 33.9 Å². The lowest BCUT2D eigenvalue weighted by atomic mass is 9.81. The number of ketones is 2. The van der Waals surface area contributed by atoms with Crippen LogP contribution in [0, 0.1) is 11.3 Å². The Bertz CT molecular complexity index is 785. The fraction of sp³-hybridized carbons (Fsp3) is 0. The van der Waals surface area contributed by atoms with Crippen molar-refractivity contribution in [2.45, 2.75) is 0 Å². The summed E-state index contributed by atoms with van der Waals surface area (Å²) in [7, 11) is 0. The van der Waals surface area contributed by atoms with Crippen LogP contribution in [-0.2, 0) is 0 Å². The molecule has 0 aromatic heterocycles. The van der Waals surface area contributed by atoms with Gasteiger partial charge >= 0.3 is 0 Å².